The minimum atomic E-state index is -3.96. The zero-order valence-corrected chi connectivity index (χ0v) is 30.1. The van der Waals surface area contributed by atoms with E-state index in [4.69, 9.17) is 4.74 Å². The summed E-state index contributed by atoms with van der Waals surface area (Å²) in [6, 6.07) is 18.5. The van der Waals surface area contributed by atoms with Gasteiger partial charge in [0.1, 0.15) is 6.61 Å². The Morgan fingerprint density at radius 3 is 1.98 bits per heavy atom. The molecule has 3 aromatic rings. The number of hydrogen-bond acceptors (Lipinski definition) is 10. The van der Waals surface area contributed by atoms with Crippen LogP contribution in [0.4, 0.5) is 0 Å². The molecule has 14 nitrogen and oxygen atoms in total. The summed E-state index contributed by atoms with van der Waals surface area (Å²) >= 11 is 0. The SMILES string of the molecule is CC(C)[C@H](CC(=O)[C@H](Cc1ccccn1)NC(=O)[C@H](CC(=O)O)CC(=O)OCc1ccccc1)C(=O)N[C@H](/C=C/S(=O)(=O)c1ccccc1)CC(=O)O. The summed E-state index contributed by atoms with van der Waals surface area (Å²) in [4.78, 5) is 81.1. The Hall–Kier alpha value is -5.70. The number of Topliss-reactive ketones (excluding diaryl/α,β-unsaturated/α-hetero) is 1. The largest absolute Gasteiger partial charge is 0.481 e. The number of aromatic nitrogens is 1. The van der Waals surface area contributed by atoms with Crippen LogP contribution in [0.1, 0.15) is 50.8 Å². The van der Waals surface area contributed by atoms with Crippen molar-refractivity contribution in [3.63, 3.8) is 0 Å². The van der Waals surface area contributed by atoms with E-state index in [1.807, 2.05) is 0 Å². The monoisotopic (exact) mass is 749 g/mol. The van der Waals surface area contributed by atoms with Crippen LogP contribution in [0.25, 0.3) is 0 Å². The Balaban J connectivity index is 1.80. The highest BCUT2D eigenvalue weighted by atomic mass is 32.2. The molecule has 0 saturated heterocycles. The predicted octanol–water partition coefficient (Wildman–Crippen LogP) is 3.51. The molecule has 0 fully saturated rings. The number of sulfone groups is 1. The number of hydrogen-bond donors (Lipinski definition) is 4. The molecular formula is C38H43N3O11S. The van der Waals surface area contributed by atoms with Gasteiger partial charge in [-0.25, -0.2) is 8.42 Å². The molecule has 0 aliphatic heterocycles. The van der Waals surface area contributed by atoms with Gasteiger partial charge >= 0.3 is 17.9 Å². The zero-order chi connectivity index (χ0) is 39.0. The Morgan fingerprint density at radius 1 is 0.774 bits per heavy atom. The fourth-order valence-electron chi connectivity index (χ4n) is 5.25. The number of carbonyl (C=O) groups is 6. The van der Waals surface area contributed by atoms with Gasteiger partial charge in [0.15, 0.2) is 15.6 Å². The lowest BCUT2D eigenvalue weighted by Crippen LogP contribution is -2.48. The molecule has 0 aliphatic rings. The minimum absolute atomic E-state index is 0.0297. The number of aliphatic carboxylic acids is 2. The predicted molar refractivity (Wildman–Crippen MR) is 191 cm³/mol. The molecule has 2 aromatic carbocycles. The first kappa shape index (κ1) is 41.7. The van der Waals surface area contributed by atoms with E-state index < -0.39 is 101 Å². The Morgan fingerprint density at radius 2 is 1.40 bits per heavy atom. The minimum Gasteiger partial charge on any atom is -0.481 e. The maximum atomic E-state index is 13.9. The lowest BCUT2D eigenvalue weighted by Gasteiger charge is -2.26. The maximum Gasteiger partial charge on any atom is 0.306 e. The molecule has 0 saturated carbocycles. The van der Waals surface area contributed by atoms with Crippen molar-refractivity contribution in [3.8, 4) is 0 Å². The molecule has 4 N–H and O–H groups in total. The summed E-state index contributed by atoms with van der Waals surface area (Å²) in [6.07, 6.45) is 0.0194. The molecule has 1 heterocycles. The molecule has 15 heteroatoms. The summed E-state index contributed by atoms with van der Waals surface area (Å²) in [6.45, 7) is 3.23. The Labute approximate surface area is 307 Å². The van der Waals surface area contributed by atoms with Crippen LogP contribution in [0.15, 0.2) is 101 Å². The highest BCUT2D eigenvalue weighted by Crippen LogP contribution is 2.20. The zero-order valence-electron chi connectivity index (χ0n) is 29.3. The van der Waals surface area contributed by atoms with Gasteiger partial charge in [-0.05, 0) is 41.8 Å². The van der Waals surface area contributed by atoms with E-state index in [1.165, 1.54) is 30.5 Å². The first-order valence-corrected chi connectivity index (χ1v) is 18.3. The van der Waals surface area contributed by atoms with Crippen LogP contribution in [-0.2, 0) is 56.4 Å². The van der Waals surface area contributed by atoms with Crippen molar-refractivity contribution in [2.24, 2.45) is 17.8 Å². The number of pyridine rings is 1. The fraction of sp³-hybridized carbons (Fsp3) is 0.342. The standard InChI is InChI=1S/C38H43N3O11S/c1-25(2)31(38(49)40-29(22-35(45)46)16-18-53(50,51)30-14-7-4-8-15-30)23-33(42)32(21-28-13-9-10-17-39-28)41-37(48)27(19-34(43)44)20-36(47)52-24-26-11-5-3-6-12-26/h3-18,25,27,29,31-32H,19-24H2,1-2H3,(H,40,49)(H,41,48)(H,43,44)(H,45,46)/b18-16+/t27-,29-,31+,32+/m1/s1. The number of nitrogens with zero attached hydrogens (tertiary/aromatic N) is 1. The second-order valence-electron chi connectivity index (χ2n) is 12.7. The topological polar surface area (TPSA) is 223 Å². The molecule has 2 amide bonds. The number of benzene rings is 2. The number of carboxylic acid groups (broad SMARTS) is 2. The molecule has 3 rings (SSSR count). The van der Waals surface area contributed by atoms with Crippen molar-refractivity contribution >= 4 is 45.3 Å². The third-order valence-electron chi connectivity index (χ3n) is 8.14. The van der Waals surface area contributed by atoms with Crippen molar-refractivity contribution in [2.75, 3.05) is 0 Å². The lowest BCUT2D eigenvalue weighted by molar-refractivity contribution is -0.150. The molecule has 1 aromatic heterocycles. The van der Waals surface area contributed by atoms with Gasteiger partial charge in [-0.1, -0.05) is 68.4 Å². The van der Waals surface area contributed by atoms with Gasteiger partial charge in [-0.15, -0.1) is 0 Å². The van der Waals surface area contributed by atoms with Crippen molar-refractivity contribution < 1.29 is 52.1 Å². The summed E-state index contributed by atoms with van der Waals surface area (Å²) in [5, 5.41) is 24.9. The van der Waals surface area contributed by atoms with Gasteiger partial charge in [-0.3, -0.25) is 33.8 Å². The summed E-state index contributed by atoms with van der Waals surface area (Å²) in [7, 11) is -3.96. The van der Waals surface area contributed by atoms with Gasteiger partial charge in [0.25, 0.3) is 0 Å². The number of esters is 1. The van der Waals surface area contributed by atoms with Crippen LogP contribution in [0.5, 0.6) is 0 Å². The lowest BCUT2D eigenvalue weighted by atomic mass is 9.86. The number of ketones is 1. The van der Waals surface area contributed by atoms with Crippen LogP contribution in [0.3, 0.4) is 0 Å². The first-order chi connectivity index (χ1) is 25.1. The van der Waals surface area contributed by atoms with E-state index in [0.29, 0.717) is 11.3 Å². The van der Waals surface area contributed by atoms with E-state index in [2.05, 4.69) is 15.6 Å². The number of carboxylic acids is 2. The first-order valence-electron chi connectivity index (χ1n) is 16.8. The van der Waals surface area contributed by atoms with Gasteiger partial charge < -0.3 is 25.6 Å². The number of ether oxygens (including phenoxy) is 1. The van der Waals surface area contributed by atoms with Crippen LogP contribution < -0.4 is 10.6 Å². The van der Waals surface area contributed by atoms with E-state index in [0.717, 1.165) is 11.5 Å². The molecule has 0 spiro atoms. The highest BCUT2D eigenvalue weighted by molar-refractivity contribution is 7.94. The normalized spacial score (nSPS) is 13.7. The smallest absolute Gasteiger partial charge is 0.306 e. The van der Waals surface area contributed by atoms with Gasteiger partial charge in [0.2, 0.25) is 11.8 Å². The number of amides is 2. The third-order valence-corrected chi connectivity index (χ3v) is 9.58. The van der Waals surface area contributed by atoms with Crippen molar-refractivity contribution in [1.29, 1.82) is 0 Å². The van der Waals surface area contributed by atoms with E-state index in [1.54, 1.807) is 68.4 Å². The number of nitrogens with one attached hydrogen (secondary N) is 2. The quantitative estimate of drug-likeness (QED) is 0.115. The summed E-state index contributed by atoms with van der Waals surface area (Å²) in [5.41, 5.74) is 1.09. The summed E-state index contributed by atoms with van der Waals surface area (Å²) in [5.74, 6) is -8.65. The van der Waals surface area contributed by atoms with Crippen LogP contribution >= 0.6 is 0 Å². The Kier molecular flexibility index (Phi) is 16.0. The van der Waals surface area contributed by atoms with Crippen molar-refractivity contribution in [2.45, 2.75) is 69.5 Å². The average Bonchev–Trinajstić information content (AvgIpc) is 3.12. The van der Waals surface area contributed by atoms with Crippen LogP contribution in [0, 0.1) is 17.8 Å². The third kappa shape index (κ3) is 14.4. The van der Waals surface area contributed by atoms with Gasteiger partial charge in [0, 0.05) is 36.1 Å². The molecule has 0 radical (unpaired) electrons. The number of rotatable bonds is 21. The van der Waals surface area contributed by atoms with E-state index in [9.17, 15) is 47.4 Å². The molecular weight excluding hydrogens is 706 g/mol. The fourth-order valence-corrected chi connectivity index (χ4v) is 6.34. The van der Waals surface area contributed by atoms with Crippen molar-refractivity contribution in [1.82, 2.24) is 15.6 Å². The molecule has 0 bridgehead atoms. The van der Waals surface area contributed by atoms with E-state index >= 15 is 0 Å². The second-order valence-corrected chi connectivity index (χ2v) is 14.5. The molecule has 282 valence electrons. The van der Waals surface area contributed by atoms with Crippen LogP contribution in [0.2, 0.25) is 0 Å². The van der Waals surface area contributed by atoms with Gasteiger partial charge in [-0.2, -0.15) is 0 Å². The van der Waals surface area contributed by atoms with E-state index in [-0.39, 0.29) is 17.9 Å². The highest BCUT2D eigenvalue weighted by Gasteiger charge is 2.33. The second kappa shape index (κ2) is 20.4. The Bertz CT molecular complexity index is 1850. The average molecular weight is 750 g/mol. The van der Waals surface area contributed by atoms with Crippen LogP contribution in [-0.4, -0.2) is 71.2 Å². The number of carbonyl (C=O) groups excluding carboxylic acids is 4. The molecule has 0 unspecified atom stereocenters. The maximum absolute atomic E-state index is 13.9. The molecule has 53 heavy (non-hydrogen) atoms. The van der Waals surface area contributed by atoms with Gasteiger partial charge in [0.05, 0.1) is 42.2 Å². The molecule has 4 atom stereocenters. The summed E-state index contributed by atoms with van der Waals surface area (Å²) < 4.78 is 30.8. The van der Waals surface area contributed by atoms with Crippen molar-refractivity contribution in [3.05, 3.63) is 108 Å². The molecule has 0 aliphatic carbocycles.